The van der Waals surface area contributed by atoms with Crippen LogP contribution < -0.4 is 11.3 Å². The zero-order chi connectivity index (χ0) is 12.9. The van der Waals surface area contributed by atoms with Gasteiger partial charge in [-0.25, -0.2) is 8.42 Å². The van der Waals surface area contributed by atoms with Gasteiger partial charge in [-0.2, -0.15) is 0 Å². The third-order valence-electron chi connectivity index (χ3n) is 2.65. The van der Waals surface area contributed by atoms with E-state index in [0.717, 1.165) is 5.56 Å². The van der Waals surface area contributed by atoms with Gasteiger partial charge < -0.3 is 0 Å². The maximum atomic E-state index is 11.0. The van der Waals surface area contributed by atoms with Crippen LogP contribution in [0.15, 0.2) is 24.3 Å². The molecular weight excluding hydrogens is 236 g/mol. The average molecular weight is 256 g/mol. The molecule has 0 aliphatic carbocycles. The van der Waals surface area contributed by atoms with Gasteiger partial charge in [-0.15, -0.1) is 0 Å². The summed E-state index contributed by atoms with van der Waals surface area (Å²) in [4.78, 5) is 0. The van der Waals surface area contributed by atoms with Crippen molar-refractivity contribution < 1.29 is 8.42 Å². The fourth-order valence-electron chi connectivity index (χ4n) is 1.78. The molecule has 0 saturated carbocycles. The van der Waals surface area contributed by atoms with E-state index in [9.17, 15) is 8.42 Å². The third kappa shape index (κ3) is 5.30. The first-order valence-corrected chi connectivity index (χ1v) is 7.69. The molecule has 1 aromatic carbocycles. The van der Waals surface area contributed by atoms with Crippen LogP contribution in [0.4, 0.5) is 0 Å². The maximum absolute atomic E-state index is 11.0. The quantitative estimate of drug-likeness (QED) is 0.595. The number of rotatable bonds is 6. The Morgan fingerprint density at radius 1 is 1.41 bits per heavy atom. The summed E-state index contributed by atoms with van der Waals surface area (Å²) >= 11 is 0. The lowest BCUT2D eigenvalue weighted by atomic mass is 10.0. The summed E-state index contributed by atoms with van der Waals surface area (Å²) in [6.45, 7) is 2.02. The van der Waals surface area contributed by atoms with E-state index >= 15 is 0 Å². The van der Waals surface area contributed by atoms with Gasteiger partial charge in [0.15, 0.2) is 0 Å². The molecule has 0 spiro atoms. The van der Waals surface area contributed by atoms with Crippen LogP contribution in [0.3, 0.4) is 0 Å². The maximum Gasteiger partial charge on any atom is 0.147 e. The second-order valence-electron chi connectivity index (χ2n) is 4.41. The SMILES string of the molecule is Cc1cccc(C(CCCS(C)(=O)=O)NN)c1. The number of hydrazine groups is 1. The van der Waals surface area contributed by atoms with Gasteiger partial charge in [-0.1, -0.05) is 29.8 Å². The molecule has 96 valence electrons. The van der Waals surface area contributed by atoms with Crippen molar-refractivity contribution in [3.05, 3.63) is 35.4 Å². The molecule has 0 fully saturated rings. The summed E-state index contributed by atoms with van der Waals surface area (Å²) in [7, 11) is -2.89. The van der Waals surface area contributed by atoms with E-state index in [-0.39, 0.29) is 11.8 Å². The van der Waals surface area contributed by atoms with Gasteiger partial charge in [0.1, 0.15) is 9.84 Å². The van der Waals surface area contributed by atoms with Gasteiger partial charge >= 0.3 is 0 Å². The molecule has 5 heteroatoms. The number of hydrogen-bond donors (Lipinski definition) is 2. The highest BCUT2D eigenvalue weighted by Crippen LogP contribution is 2.18. The van der Waals surface area contributed by atoms with E-state index in [1.165, 1.54) is 11.8 Å². The molecule has 1 atom stereocenters. The highest BCUT2D eigenvalue weighted by atomic mass is 32.2. The molecule has 1 aromatic rings. The summed E-state index contributed by atoms with van der Waals surface area (Å²) in [5.41, 5.74) is 5.01. The molecule has 0 heterocycles. The normalized spacial score (nSPS) is 13.6. The van der Waals surface area contributed by atoms with Crippen molar-refractivity contribution >= 4 is 9.84 Å². The van der Waals surface area contributed by atoms with Crippen LogP contribution in [0.2, 0.25) is 0 Å². The summed E-state index contributed by atoms with van der Waals surface area (Å²) in [5, 5.41) is 0. The Labute approximate surface area is 103 Å². The Morgan fingerprint density at radius 2 is 2.12 bits per heavy atom. The molecule has 1 unspecified atom stereocenters. The summed E-state index contributed by atoms with van der Waals surface area (Å²) < 4.78 is 22.1. The second kappa shape index (κ2) is 6.14. The van der Waals surface area contributed by atoms with Gasteiger partial charge in [0.05, 0.1) is 0 Å². The van der Waals surface area contributed by atoms with Crippen molar-refractivity contribution in [1.82, 2.24) is 5.43 Å². The standard InChI is InChI=1S/C12H20N2O2S/c1-10-5-3-6-11(9-10)12(14-13)7-4-8-17(2,15)16/h3,5-6,9,12,14H,4,7-8,13H2,1-2H3. The molecule has 1 rings (SSSR count). The van der Waals surface area contributed by atoms with Crippen molar-refractivity contribution in [2.24, 2.45) is 5.84 Å². The Balaban J connectivity index is 2.60. The monoisotopic (exact) mass is 256 g/mol. The van der Waals surface area contributed by atoms with Crippen molar-refractivity contribution in [2.75, 3.05) is 12.0 Å². The van der Waals surface area contributed by atoms with E-state index in [4.69, 9.17) is 5.84 Å². The largest absolute Gasteiger partial charge is 0.271 e. The fourth-order valence-corrected chi connectivity index (χ4v) is 2.47. The fraction of sp³-hybridized carbons (Fsp3) is 0.500. The lowest BCUT2D eigenvalue weighted by Crippen LogP contribution is -2.28. The Bertz CT molecular complexity index is 457. The van der Waals surface area contributed by atoms with Gasteiger partial charge in [0.2, 0.25) is 0 Å². The van der Waals surface area contributed by atoms with Crippen molar-refractivity contribution in [2.45, 2.75) is 25.8 Å². The van der Waals surface area contributed by atoms with Crippen LogP contribution in [0, 0.1) is 6.92 Å². The number of aryl methyl sites for hydroxylation is 1. The summed E-state index contributed by atoms with van der Waals surface area (Å²) in [6, 6.07) is 8.07. The first-order chi connectivity index (χ1) is 7.92. The van der Waals surface area contributed by atoms with Crippen LogP contribution in [0.1, 0.15) is 30.0 Å². The zero-order valence-electron chi connectivity index (χ0n) is 10.3. The molecule has 0 bridgehead atoms. The topological polar surface area (TPSA) is 72.2 Å². The first-order valence-electron chi connectivity index (χ1n) is 5.63. The van der Waals surface area contributed by atoms with E-state index in [1.807, 2.05) is 25.1 Å². The van der Waals surface area contributed by atoms with Crippen LogP contribution in [-0.2, 0) is 9.84 Å². The van der Waals surface area contributed by atoms with E-state index < -0.39 is 9.84 Å². The molecule has 0 amide bonds. The predicted molar refractivity (Wildman–Crippen MR) is 70.2 cm³/mol. The lowest BCUT2D eigenvalue weighted by molar-refractivity contribution is 0.507. The predicted octanol–water partition coefficient (Wildman–Crippen LogP) is 1.32. The number of sulfone groups is 1. The van der Waals surface area contributed by atoms with Crippen LogP contribution >= 0.6 is 0 Å². The number of benzene rings is 1. The molecule has 0 aliphatic rings. The molecule has 17 heavy (non-hydrogen) atoms. The van der Waals surface area contributed by atoms with Gasteiger partial charge in [0.25, 0.3) is 0 Å². The van der Waals surface area contributed by atoms with Crippen molar-refractivity contribution in [3.63, 3.8) is 0 Å². The Hall–Kier alpha value is -0.910. The molecule has 0 aromatic heterocycles. The smallest absolute Gasteiger partial charge is 0.147 e. The Kier molecular flexibility index (Phi) is 5.11. The first kappa shape index (κ1) is 14.2. The Morgan fingerprint density at radius 3 is 2.65 bits per heavy atom. The van der Waals surface area contributed by atoms with Crippen LogP contribution in [0.25, 0.3) is 0 Å². The number of nitrogens with one attached hydrogen (secondary N) is 1. The van der Waals surface area contributed by atoms with Crippen LogP contribution in [0.5, 0.6) is 0 Å². The molecule has 4 nitrogen and oxygen atoms in total. The molecular formula is C12H20N2O2S. The highest BCUT2D eigenvalue weighted by molar-refractivity contribution is 7.90. The zero-order valence-corrected chi connectivity index (χ0v) is 11.1. The number of nitrogens with two attached hydrogens (primary N) is 1. The van der Waals surface area contributed by atoms with Crippen molar-refractivity contribution in [3.8, 4) is 0 Å². The second-order valence-corrected chi connectivity index (χ2v) is 6.67. The molecule has 0 radical (unpaired) electrons. The molecule has 0 saturated heterocycles. The van der Waals surface area contributed by atoms with Crippen LogP contribution in [-0.4, -0.2) is 20.4 Å². The minimum atomic E-state index is -2.89. The molecule has 0 aliphatic heterocycles. The number of hydrogen-bond acceptors (Lipinski definition) is 4. The summed E-state index contributed by atoms with van der Waals surface area (Å²) in [6.07, 6.45) is 2.58. The average Bonchev–Trinajstić information content (AvgIpc) is 2.23. The highest BCUT2D eigenvalue weighted by Gasteiger charge is 2.11. The van der Waals surface area contributed by atoms with Gasteiger partial charge in [-0.05, 0) is 25.3 Å². The third-order valence-corrected chi connectivity index (χ3v) is 3.68. The van der Waals surface area contributed by atoms with Crippen molar-refractivity contribution in [1.29, 1.82) is 0 Å². The van der Waals surface area contributed by atoms with Gasteiger partial charge in [-0.3, -0.25) is 11.3 Å². The van der Waals surface area contributed by atoms with Gasteiger partial charge in [0, 0.05) is 18.1 Å². The molecule has 3 N–H and O–H groups in total. The van der Waals surface area contributed by atoms with E-state index in [0.29, 0.717) is 12.8 Å². The minimum absolute atomic E-state index is 0.0108. The lowest BCUT2D eigenvalue weighted by Gasteiger charge is -2.16. The summed E-state index contributed by atoms with van der Waals surface area (Å²) in [5.74, 6) is 5.71. The minimum Gasteiger partial charge on any atom is -0.271 e. The van der Waals surface area contributed by atoms with E-state index in [2.05, 4.69) is 11.5 Å². The van der Waals surface area contributed by atoms with E-state index in [1.54, 1.807) is 0 Å².